The number of benzene rings is 1. The lowest BCUT2D eigenvalue weighted by Crippen LogP contribution is -2.50. The molecule has 0 aliphatic heterocycles. The van der Waals surface area contributed by atoms with E-state index in [1.54, 1.807) is 18.5 Å². The molecule has 32 heavy (non-hydrogen) atoms. The second kappa shape index (κ2) is 9.38. The maximum absolute atomic E-state index is 12.8. The number of alkyl carbamates (subject to hydrolysis) is 1. The summed E-state index contributed by atoms with van der Waals surface area (Å²) in [5, 5.41) is 13.6. The molecule has 0 spiro atoms. The van der Waals surface area contributed by atoms with Gasteiger partial charge >= 0.3 is 6.09 Å². The van der Waals surface area contributed by atoms with E-state index in [1.807, 2.05) is 44.2 Å². The molecular formula is C24H29N5O3. The van der Waals surface area contributed by atoms with E-state index in [2.05, 4.69) is 25.8 Å². The molecule has 0 saturated heterocycles. The number of hydrogen-bond donors (Lipinski definition) is 3. The summed E-state index contributed by atoms with van der Waals surface area (Å²) >= 11 is 0. The van der Waals surface area contributed by atoms with Crippen molar-refractivity contribution in [2.24, 2.45) is 11.8 Å². The van der Waals surface area contributed by atoms with Crippen LogP contribution in [0.5, 0.6) is 0 Å². The summed E-state index contributed by atoms with van der Waals surface area (Å²) < 4.78 is 5.38. The van der Waals surface area contributed by atoms with Crippen molar-refractivity contribution in [3.05, 3.63) is 54.4 Å². The highest BCUT2D eigenvalue weighted by Crippen LogP contribution is 2.36. The molecule has 1 saturated carbocycles. The Morgan fingerprint density at radius 2 is 1.88 bits per heavy atom. The van der Waals surface area contributed by atoms with Crippen molar-refractivity contribution in [1.82, 2.24) is 20.5 Å². The van der Waals surface area contributed by atoms with Gasteiger partial charge in [0, 0.05) is 17.7 Å². The number of aromatic nitrogens is 3. The van der Waals surface area contributed by atoms with Crippen LogP contribution in [0, 0.1) is 11.8 Å². The molecule has 0 unspecified atom stereocenters. The number of nitrogens with zero attached hydrogens (tertiary/aromatic N) is 2. The average Bonchev–Trinajstić information content (AvgIpc) is 3.28. The molecule has 8 nitrogen and oxygen atoms in total. The number of amides is 2. The van der Waals surface area contributed by atoms with Crippen LogP contribution >= 0.6 is 0 Å². The predicted octanol–water partition coefficient (Wildman–Crippen LogP) is 4.41. The van der Waals surface area contributed by atoms with Crippen LogP contribution in [0.15, 0.2) is 48.8 Å². The van der Waals surface area contributed by atoms with Crippen molar-refractivity contribution in [1.29, 1.82) is 0 Å². The van der Waals surface area contributed by atoms with Gasteiger partial charge in [-0.1, -0.05) is 30.3 Å². The standard InChI is InChI=1S/C24H29N5O3/c1-24(2,28-23(31)32-15-16-6-4-3-5-7-16)18-10-8-17(9-11-18)22(30)27-20-12-13-25-21-19(20)14-26-29-21/h3-7,12-14,17-18H,8-11,15H2,1-2H3,(H,28,31)(H2,25,26,27,29,30). The fourth-order valence-corrected chi connectivity index (χ4v) is 4.40. The van der Waals surface area contributed by atoms with E-state index in [-0.39, 0.29) is 24.3 Å². The second-order valence-corrected chi connectivity index (χ2v) is 8.94. The first-order chi connectivity index (χ1) is 15.4. The lowest BCUT2D eigenvalue weighted by Gasteiger charge is -2.39. The van der Waals surface area contributed by atoms with E-state index in [9.17, 15) is 9.59 Å². The number of hydrogen-bond acceptors (Lipinski definition) is 5. The van der Waals surface area contributed by atoms with Crippen LogP contribution in [0.3, 0.4) is 0 Å². The van der Waals surface area contributed by atoms with Crippen molar-refractivity contribution in [3.63, 3.8) is 0 Å². The number of aromatic amines is 1. The summed E-state index contributed by atoms with van der Waals surface area (Å²) in [6, 6.07) is 11.4. The van der Waals surface area contributed by atoms with E-state index in [1.165, 1.54) is 0 Å². The minimum absolute atomic E-state index is 0.0187. The van der Waals surface area contributed by atoms with Crippen molar-refractivity contribution in [3.8, 4) is 0 Å². The van der Waals surface area contributed by atoms with Gasteiger partial charge in [-0.3, -0.25) is 9.89 Å². The van der Waals surface area contributed by atoms with Crippen LogP contribution in [0.4, 0.5) is 10.5 Å². The zero-order chi connectivity index (χ0) is 22.6. The van der Waals surface area contributed by atoms with Gasteiger partial charge in [0.15, 0.2) is 5.65 Å². The smallest absolute Gasteiger partial charge is 0.407 e. The highest BCUT2D eigenvalue weighted by molar-refractivity contribution is 6.00. The topological polar surface area (TPSA) is 109 Å². The first-order valence-corrected chi connectivity index (χ1v) is 11.0. The number of pyridine rings is 1. The third-order valence-electron chi connectivity index (χ3n) is 6.37. The Morgan fingerprint density at radius 1 is 1.12 bits per heavy atom. The van der Waals surface area contributed by atoms with Gasteiger partial charge in [-0.2, -0.15) is 5.10 Å². The zero-order valence-electron chi connectivity index (χ0n) is 18.4. The van der Waals surface area contributed by atoms with Crippen molar-refractivity contribution >= 4 is 28.7 Å². The van der Waals surface area contributed by atoms with E-state index in [0.717, 1.165) is 42.3 Å². The summed E-state index contributed by atoms with van der Waals surface area (Å²) in [6.07, 6.45) is 6.18. The largest absolute Gasteiger partial charge is 0.445 e. The number of fused-ring (bicyclic) bond motifs is 1. The van der Waals surface area contributed by atoms with Crippen LogP contribution in [-0.4, -0.2) is 32.7 Å². The van der Waals surface area contributed by atoms with Crippen LogP contribution in [-0.2, 0) is 16.1 Å². The third kappa shape index (κ3) is 5.07. The number of carbonyl (C=O) groups excluding carboxylic acids is 2. The minimum Gasteiger partial charge on any atom is -0.445 e. The van der Waals surface area contributed by atoms with E-state index in [0.29, 0.717) is 5.65 Å². The lowest BCUT2D eigenvalue weighted by molar-refractivity contribution is -0.121. The lowest BCUT2D eigenvalue weighted by atomic mass is 9.73. The molecule has 1 aromatic carbocycles. The molecule has 3 aromatic rings. The van der Waals surface area contributed by atoms with Gasteiger partial charge in [0.2, 0.25) is 5.91 Å². The number of carbonyl (C=O) groups is 2. The van der Waals surface area contributed by atoms with Gasteiger partial charge in [0.05, 0.1) is 17.3 Å². The van der Waals surface area contributed by atoms with Crippen LogP contribution < -0.4 is 10.6 Å². The maximum Gasteiger partial charge on any atom is 0.407 e. The monoisotopic (exact) mass is 435 g/mol. The molecule has 1 fully saturated rings. The molecule has 2 amide bonds. The highest BCUT2D eigenvalue weighted by atomic mass is 16.5. The molecule has 4 rings (SSSR count). The molecular weight excluding hydrogens is 406 g/mol. The molecule has 168 valence electrons. The Hall–Kier alpha value is -3.42. The van der Waals surface area contributed by atoms with Gasteiger partial charge in [-0.05, 0) is 57.1 Å². The highest BCUT2D eigenvalue weighted by Gasteiger charge is 2.36. The molecule has 2 heterocycles. The average molecular weight is 436 g/mol. The normalized spacial score (nSPS) is 18.8. The summed E-state index contributed by atoms with van der Waals surface area (Å²) in [5.41, 5.74) is 1.91. The van der Waals surface area contributed by atoms with Gasteiger partial charge in [-0.15, -0.1) is 0 Å². The predicted molar refractivity (Wildman–Crippen MR) is 122 cm³/mol. The maximum atomic E-state index is 12.8. The van der Waals surface area contributed by atoms with E-state index < -0.39 is 11.6 Å². The van der Waals surface area contributed by atoms with Crippen molar-refractivity contribution in [2.45, 2.75) is 51.7 Å². The molecule has 0 radical (unpaired) electrons. The number of anilines is 1. The first-order valence-electron chi connectivity index (χ1n) is 11.0. The van der Waals surface area contributed by atoms with Crippen molar-refractivity contribution in [2.75, 3.05) is 5.32 Å². The molecule has 1 aliphatic rings. The number of nitrogens with one attached hydrogen (secondary N) is 3. The Kier molecular flexibility index (Phi) is 6.39. The van der Waals surface area contributed by atoms with Crippen LogP contribution in [0.2, 0.25) is 0 Å². The summed E-state index contributed by atoms with van der Waals surface area (Å²) in [7, 11) is 0. The molecule has 0 bridgehead atoms. The zero-order valence-corrected chi connectivity index (χ0v) is 18.4. The van der Waals surface area contributed by atoms with Gasteiger partial charge in [0.25, 0.3) is 0 Å². The first kappa shape index (κ1) is 21.8. The number of ether oxygens (including phenoxy) is 1. The van der Waals surface area contributed by atoms with E-state index >= 15 is 0 Å². The molecule has 3 N–H and O–H groups in total. The number of H-pyrrole nitrogens is 1. The fourth-order valence-electron chi connectivity index (χ4n) is 4.40. The number of rotatable bonds is 6. The molecule has 0 atom stereocenters. The fraction of sp³-hybridized carbons (Fsp3) is 0.417. The molecule has 1 aliphatic carbocycles. The van der Waals surface area contributed by atoms with Gasteiger partial charge in [0.1, 0.15) is 6.61 Å². The summed E-state index contributed by atoms with van der Waals surface area (Å²) in [6.45, 7) is 4.29. The Bertz CT molecular complexity index is 1070. The minimum atomic E-state index is -0.416. The van der Waals surface area contributed by atoms with Gasteiger partial charge < -0.3 is 15.4 Å². The quantitative estimate of drug-likeness (QED) is 0.531. The van der Waals surface area contributed by atoms with E-state index in [4.69, 9.17) is 4.74 Å². The molecule has 8 heteroatoms. The Balaban J connectivity index is 1.27. The Labute approximate surface area is 187 Å². The Morgan fingerprint density at radius 3 is 2.62 bits per heavy atom. The van der Waals surface area contributed by atoms with Crippen molar-refractivity contribution < 1.29 is 14.3 Å². The van der Waals surface area contributed by atoms with Crippen LogP contribution in [0.1, 0.15) is 45.1 Å². The molecule has 2 aromatic heterocycles. The van der Waals surface area contributed by atoms with Gasteiger partial charge in [-0.25, -0.2) is 9.78 Å². The summed E-state index contributed by atoms with van der Waals surface area (Å²) in [4.78, 5) is 29.4. The van der Waals surface area contributed by atoms with Crippen LogP contribution in [0.25, 0.3) is 11.0 Å². The second-order valence-electron chi connectivity index (χ2n) is 8.94. The summed E-state index contributed by atoms with van der Waals surface area (Å²) in [5.74, 6) is 0.240. The SMILES string of the molecule is CC(C)(NC(=O)OCc1ccccc1)C1CCC(C(=O)Nc2ccnc3[nH]ncc23)CC1. The third-order valence-corrected chi connectivity index (χ3v) is 6.37.